The molecule has 5 nitrogen and oxygen atoms in total. The molecule has 0 bridgehead atoms. The summed E-state index contributed by atoms with van der Waals surface area (Å²) in [5.74, 6) is 0.671. The maximum Gasteiger partial charge on any atom is 0.165 e. The van der Waals surface area contributed by atoms with Crippen LogP contribution in [-0.4, -0.2) is 38.2 Å². The van der Waals surface area contributed by atoms with E-state index in [9.17, 15) is 4.39 Å². The van der Waals surface area contributed by atoms with Gasteiger partial charge in [0.05, 0.1) is 13.1 Å². The molecule has 26 heavy (non-hydrogen) atoms. The van der Waals surface area contributed by atoms with Crippen molar-refractivity contribution in [1.29, 1.82) is 0 Å². The Morgan fingerprint density at radius 1 is 0.962 bits per heavy atom. The van der Waals surface area contributed by atoms with Gasteiger partial charge in [-0.25, -0.2) is 9.07 Å². The van der Waals surface area contributed by atoms with Gasteiger partial charge in [0.1, 0.15) is 5.82 Å². The molecule has 1 aliphatic rings. The fraction of sp³-hybridized carbons (Fsp3) is 0.250. The largest absolute Gasteiger partial charge is 0.292 e. The van der Waals surface area contributed by atoms with Gasteiger partial charge in [0, 0.05) is 13.1 Å². The van der Waals surface area contributed by atoms with Crippen molar-refractivity contribution < 1.29 is 4.39 Å². The van der Waals surface area contributed by atoms with E-state index in [-0.39, 0.29) is 5.82 Å². The summed E-state index contributed by atoms with van der Waals surface area (Å²) in [6.07, 6.45) is 3.15. The Kier molecular flexibility index (Phi) is 4.84. The highest BCUT2D eigenvalue weighted by molar-refractivity contribution is 5.66. The minimum absolute atomic E-state index is 0.197. The molecule has 132 valence electrons. The first-order valence-corrected chi connectivity index (χ1v) is 8.74. The molecule has 1 aliphatic heterocycles. The van der Waals surface area contributed by atoms with Crippen molar-refractivity contribution in [3.05, 3.63) is 83.4 Å². The van der Waals surface area contributed by atoms with Crippen molar-refractivity contribution in [1.82, 2.24) is 25.1 Å². The van der Waals surface area contributed by atoms with Crippen LogP contribution < -0.4 is 0 Å². The fourth-order valence-electron chi connectivity index (χ4n) is 3.20. The van der Waals surface area contributed by atoms with Crippen LogP contribution >= 0.6 is 0 Å². The highest BCUT2D eigenvalue weighted by atomic mass is 19.1. The molecule has 0 fully saturated rings. The third-order valence-electron chi connectivity index (χ3n) is 4.65. The minimum Gasteiger partial charge on any atom is -0.292 e. The lowest BCUT2D eigenvalue weighted by molar-refractivity contribution is 0.280. The van der Waals surface area contributed by atoms with Gasteiger partial charge in [0.25, 0.3) is 0 Å². The van der Waals surface area contributed by atoms with E-state index in [1.807, 2.05) is 35.0 Å². The van der Waals surface area contributed by atoms with E-state index in [0.717, 1.165) is 30.9 Å². The zero-order valence-corrected chi connectivity index (χ0v) is 14.4. The van der Waals surface area contributed by atoms with Crippen LogP contribution in [0.25, 0.3) is 5.57 Å². The summed E-state index contributed by atoms with van der Waals surface area (Å²) < 4.78 is 14.9. The number of benzene rings is 2. The number of hydrogen-bond acceptors (Lipinski definition) is 4. The Morgan fingerprint density at radius 2 is 1.77 bits per heavy atom. The Labute approximate surface area is 151 Å². The van der Waals surface area contributed by atoms with Crippen LogP contribution in [0, 0.1) is 5.82 Å². The van der Waals surface area contributed by atoms with Crippen molar-refractivity contribution >= 4 is 5.57 Å². The van der Waals surface area contributed by atoms with Crippen LogP contribution in [0.15, 0.2) is 60.7 Å². The zero-order chi connectivity index (χ0) is 17.8. The van der Waals surface area contributed by atoms with Crippen LogP contribution in [0.2, 0.25) is 0 Å². The quantitative estimate of drug-likeness (QED) is 0.710. The van der Waals surface area contributed by atoms with Gasteiger partial charge in [-0.3, -0.25) is 4.90 Å². The Hall–Kier alpha value is -2.86. The standard InChI is InChI=1S/C20H20FN5/c21-19-8-6-17(7-9-19)18-10-12-25(13-11-18)15-20-22-23-24-26(20)14-16-4-2-1-3-5-16/h1-10H,11-15H2. The molecule has 1 aromatic heterocycles. The van der Waals surface area contributed by atoms with Crippen molar-refractivity contribution in [2.75, 3.05) is 13.1 Å². The third-order valence-corrected chi connectivity index (χ3v) is 4.65. The first-order valence-electron chi connectivity index (χ1n) is 8.74. The molecule has 0 aliphatic carbocycles. The molecule has 0 radical (unpaired) electrons. The molecule has 4 rings (SSSR count). The number of hydrogen-bond donors (Lipinski definition) is 0. The first-order chi connectivity index (χ1) is 12.8. The lowest BCUT2D eigenvalue weighted by Crippen LogP contribution is -2.29. The fourth-order valence-corrected chi connectivity index (χ4v) is 3.20. The van der Waals surface area contributed by atoms with E-state index < -0.39 is 0 Å². The molecule has 0 saturated heterocycles. The molecular formula is C20H20FN5. The van der Waals surface area contributed by atoms with E-state index in [1.165, 1.54) is 23.3 Å². The molecule has 0 atom stereocenters. The van der Waals surface area contributed by atoms with Crippen molar-refractivity contribution in [3.8, 4) is 0 Å². The Morgan fingerprint density at radius 3 is 2.50 bits per heavy atom. The normalized spacial score (nSPS) is 15.0. The summed E-state index contributed by atoms with van der Waals surface area (Å²) in [6, 6.07) is 16.9. The van der Waals surface area contributed by atoms with Gasteiger partial charge in [0.2, 0.25) is 0 Å². The average Bonchev–Trinajstić information content (AvgIpc) is 3.11. The lowest BCUT2D eigenvalue weighted by Gasteiger charge is -2.25. The SMILES string of the molecule is Fc1ccc(C2=CCN(Cc3nnnn3Cc3ccccc3)CC2)cc1. The highest BCUT2D eigenvalue weighted by Crippen LogP contribution is 2.23. The Bertz CT molecular complexity index is 886. The number of aromatic nitrogens is 4. The maximum absolute atomic E-state index is 13.1. The summed E-state index contributed by atoms with van der Waals surface area (Å²) in [6.45, 7) is 3.16. The van der Waals surface area contributed by atoms with Crippen LogP contribution in [0.5, 0.6) is 0 Å². The van der Waals surface area contributed by atoms with E-state index in [0.29, 0.717) is 13.1 Å². The summed E-state index contributed by atoms with van der Waals surface area (Å²) in [7, 11) is 0. The van der Waals surface area contributed by atoms with Crippen LogP contribution in [0.4, 0.5) is 4.39 Å². The van der Waals surface area contributed by atoms with E-state index >= 15 is 0 Å². The van der Waals surface area contributed by atoms with Crippen molar-refractivity contribution in [3.63, 3.8) is 0 Å². The number of nitrogens with zero attached hydrogens (tertiary/aromatic N) is 5. The summed E-state index contributed by atoms with van der Waals surface area (Å²) in [4.78, 5) is 2.32. The van der Waals surface area contributed by atoms with Gasteiger partial charge in [-0.1, -0.05) is 48.5 Å². The minimum atomic E-state index is -0.197. The van der Waals surface area contributed by atoms with Gasteiger partial charge in [-0.2, -0.15) is 0 Å². The monoisotopic (exact) mass is 349 g/mol. The number of rotatable bonds is 5. The summed E-state index contributed by atoms with van der Waals surface area (Å²) in [5, 5.41) is 12.2. The van der Waals surface area contributed by atoms with E-state index in [2.05, 4.69) is 38.6 Å². The van der Waals surface area contributed by atoms with Crippen LogP contribution in [0.3, 0.4) is 0 Å². The highest BCUT2D eigenvalue weighted by Gasteiger charge is 2.16. The van der Waals surface area contributed by atoms with Gasteiger partial charge < -0.3 is 0 Å². The van der Waals surface area contributed by atoms with Gasteiger partial charge in [0.15, 0.2) is 5.82 Å². The molecule has 6 heteroatoms. The predicted octanol–water partition coefficient (Wildman–Crippen LogP) is 3.15. The molecule has 0 amide bonds. The van der Waals surface area contributed by atoms with Gasteiger partial charge >= 0.3 is 0 Å². The average molecular weight is 349 g/mol. The maximum atomic E-state index is 13.1. The van der Waals surface area contributed by atoms with E-state index in [1.54, 1.807) is 0 Å². The first kappa shape index (κ1) is 16.6. The molecule has 0 spiro atoms. The molecule has 0 unspecified atom stereocenters. The van der Waals surface area contributed by atoms with Crippen LogP contribution in [0.1, 0.15) is 23.4 Å². The smallest absolute Gasteiger partial charge is 0.165 e. The second kappa shape index (κ2) is 7.58. The topological polar surface area (TPSA) is 46.8 Å². The molecule has 2 heterocycles. The number of tetrazole rings is 1. The van der Waals surface area contributed by atoms with Crippen molar-refractivity contribution in [2.45, 2.75) is 19.5 Å². The molecule has 0 N–H and O–H groups in total. The second-order valence-corrected chi connectivity index (χ2v) is 6.46. The molecule has 3 aromatic rings. The third kappa shape index (κ3) is 3.86. The molecular weight excluding hydrogens is 329 g/mol. The molecule has 0 saturated carbocycles. The molecule has 2 aromatic carbocycles. The summed E-state index contributed by atoms with van der Waals surface area (Å²) >= 11 is 0. The lowest BCUT2D eigenvalue weighted by atomic mass is 9.99. The number of halogens is 1. The predicted molar refractivity (Wildman–Crippen MR) is 97.6 cm³/mol. The van der Waals surface area contributed by atoms with Crippen molar-refractivity contribution in [2.24, 2.45) is 0 Å². The van der Waals surface area contributed by atoms with Crippen LogP contribution in [-0.2, 0) is 13.1 Å². The zero-order valence-electron chi connectivity index (χ0n) is 14.4. The summed E-state index contributed by atoms with van der Waals surface area (Å²) in [5.41, 5.74) is 3.54. The second-order valence-electron chi connectivity index (χ2n) is 6.46. The van der Waals surface area contributed by atoms with Gasteiger partial charge in [-0.05, 0) is 45.7 Å². The Balaban J connectivity index is 1.40. The van der Waals surface area contributed by atoms with Gasteiger partial charge in [-0.15, -0.1) is 5.10 Å². The van der Waals surface area contributed by atoms with E-state index in [4.69, 9.17) is 0 Å².